The number of furan rings is 1. The van der Waals surface area contributed by atoms with Gasteiger partial charge in [-0.2, -0.15) is 0 Å². The van der Waals surface area contributed by atoms with Crippen molar-refractivity contribution < 1.29 is 28.8 Å². The van der Waals surface area contributed by atoms with Gasteiger partial charge < -0.3 is 19.2 Å². The number of aliphatic hydroxyl groups excluding tert-OH is 1. The van der Waals surface area contributed by atoms with Crippen molar-refractivity contribution in [3.8, 4) is 5.75 Å². The van der Waals surface area contributed by atoms with Gasteiger partial charge in [0.15, 0.2) is 0 Å². The van der Waals surface area contributed by atoms with E-state index in [2.05, 4.69) is 0 Å². The van der Waals surface area contributed by atoms with E-state index in [4.69, 9.17) is 9.15 Å². The Kier molecular flexibility index (Phi) is 5.46. The highest BCUT2D eigenvalue weighted by molar-refractivity contribution is 6.46. The zero-order valence-corrected chi connectivity index (χ0v) is 16.9. The number of ketones is 1. The Morgan fingerprint density at radius 2 is 1.94 bits per heavy atom. The van der Waals surface area contributed by atoms with Crippen molar-refractivity contribution in [3.63, 3.8) is 0 Å². The van der Waals surface area contributed by atoms with Crippen LogP contribution in [0.1, 0.15) is 22.9 Å². The molecule has 3 aromatic rings. The lowest BCUT2D eigenvalue weighted by molar-refractivity contribution is -0.384. The molecule has 2 aromatic carbocycles. The van der Waals surface area contributed by atoms with E-state index >= 15 is 0 Å². The minimum atomic E-state index is -0.950. The van der Waals surface area contributed by atoms with Gasteiger partial charge in [0.05, 0.1) is 36.5 Å². The van der Waals surface area contributed by atoms with Crippen molar-refractivity contribution in [1.29, 1.82) is 0 Å². The van der Waals surface area contributed by atoms with Gasteiger partial charge in [-0.3, -0.25) is 19.7 Å². The molecule has 0 bridgehead atoms. The molecule has 2 heterocycles. The lowest BCUT2D eigenvalue weighted by Gasteiger charge is -2.24. The average molecular weight is 434 g/mol. The Hall–Kier alpha value is -4.40. The van der Waals surface area contributed by atoms with Crippen LogP contribution in [0.25, 0.3) is 5.76 Å². The minimum Gasteiger partial charge on any atom is -0.507 e. The number of aliphatic hydroxyl groups is 1. The fourth-order valence-electron chi connectivity index (χ4n) is 3.69. The molecule has 1 unspecified atom stereocenters. The first-order chi connectivity index (χ1) is 15.4. The number of ether oxygens (including phenoxy) is 1. The van der Waals surface area contributed by atoms with Crippen LogP contribution in [0.4, 0.5) is 5.69 Å². The van der Waals surface area contributed by atoms with Crippen LogP contribution in [0.2, 0.25) is 0 Å². The van der Waals surface area contributed by atoms with Crippen LogP contribution in [-0.2, 0) is 16.1 Å². The van der Waals surface area contributed by atoms with Gasteiger partial charge in [0.2, 0.25) is 0 Å². The summed E-state index contributed by atoms with van der Waals surface area (Å²) in [5.74, 6) is -1.26. The van der Waals surface area contributed by atoms with E-state index < -0.39 is 28.4 Å². The van der Waals surface area contributed by atoms with Crippen molar-refractivity contribution in [2.75, 3.05) is 7.11 Å². The topological polar surface area (TPSA) is 123 Å². The summed E-state index contributed by atoms with van der Waals surface area (Å²) >= 11 is 0. The number of hydrogen-bond donors (Lipinski definition) is 1. The predicted octanol–water partition coefficient (Wildman–Crippen LogP) is 3.82. The lowest BCUT2D eigenvalue weighted by Crippen LogP contribution is -2.29. The molecule has 1 amide bonds. The summed E-state index contributed by atoms with van der Waals surface area (Å²) in [6, 6.07) is 14.4. The van der Waals surface area contributed by atoms with Gasteiger partial charge in [-0.1, -0.05) is 24.3 Å². The zero-order chi connectivity index (χ0) is 22.8. The van der Waals surface area contributed by atoms with Crippen molar-refractivity contribution in [2.45, 2.75) is 12.6 Å². The number of hydrogen-bond acceptors (Lipinski definition) is 7. The Morgan fingerprint density at radius 1 is 1.16 bits per heavy atom. The molecule has 0 aliphatic carbocycles. The number of carbonyl (C=O) groups is 2. The van der Waals surface area contributed by atoms with Crippen LogP contribution >= 0.6 is 0 Å². The number of benzene rings is 2. The molecule has 1 aromatic heterocycles. The van der Waals surface area contributed by atoms with Crippen molar-refractivity contribution in [1.82, 2.24) is 4.90 Å². The van der Waals surface area contributed by atoms with E-state index in [0.717, 1.165) is 6.07 Å². The first kappa shape index (κ1) is 20.9. The monoisotopic (exact) mass is 434 g/mol. The normalized spacial score (nSPS) is 17.5. The molecule has 4 rings (SSSR count). The summed E-state index contributed by atoms with van der Waals surface area (Å²) < 4.78 is 10.6. The molecule has 1 saturated heterocycles. The molecule has 1 fully saturated rings. The van der Waals surface area contributed by atoms with E-state index in [-0.39, 0.29) is 23.4 Å². The molecular formula is C23H18N2O7. The van der Waals surface area contributed by atoms with Crippen LogP contribution in [0, 0.1) is 10.1 Å². The third kappa shape index (κ3) is 3.71. The highest BCUT2D eigenvalue weighted by Gasteiger charge is 2.46. The van der Waals surface area contributed by atoms with Crippen LogP contribution in [0.3, 0.4) is 0 Å². The number of rotatable bonds is 6. The third-order valence-corrected chi connectivity index (χ3v) is 5.19. The molecule has 32 heavy (non-hydrogen) atoms. The Morgan fingerprint density at radius 3 is 2.62 bits per heavy atom. The summed E-state index contributed by atoms with van der Waals surface area (Å²) in [4.78, 5) is 37.8. The molecule has 0 saturated carbocycles. The Bertz CT molecular complexity index is 1230. The van der Waals surface area contributed by atoms with E-state index in [0.29, 0.717) is 17.1 Å². The van der Waals surface area contributed by atoms with Gasteiger partial charge in [0.1, 0.15) is 17.3 Å². The van der Waals surface area contributed by atoms with E-state index in [9.17, 15) is 24.8 Å². The lowest BCUT2D eigenvalue weighted by atomic mass is 9.95. The molecule has 0 spiro atoms. The Balaban J connectivity index is 1.89. The second kappa shape index (κ2) is 8.38. The van der Waals surface area contributed by atoms with Gasteiger partial charge in [0, 0.05) is 17.7 Å². The van der Waals surface area contributed by atoms with Crippen LogP contribution in [0.15, 0.2) is 76.9 Å². The summed E-state index contributed by atoms with van der Waals surface area (Å²) in [6.07, 6.45) is 1.45. The second-order valence-electron chi connectivity index (χ2n) is 7.09. The van der Waals surface area contributed by atoms with Gasteiger partial charge >= 0.3 is 0 Å². The average Bonchev–Trinajstić information content (AvgIpc) is 3.41. The van der Waals surface area contributed by atoms with Crippen molar-refractivity contribution in [3.05, 3.63) is 99.5 Å². The number of nitro groups is 1. The van der Waals surface area contributed by atoms with E-state index in [1.807, 2.05) is 0 Å². The smallest absolute Gasteiger partial charge is 0.296 e. The van der Waals surface area contributed by atoms with E-state index in [1.54, 1.807) is 36.4 Å². The molecule has 162 valence electrons. The Labute approximate surface area is 182 Å². The summed E-state index contributed by atoms with van der Waals surface area (Å²) in [6.45, 7) is -0.00876. The number of carbonyl (C=O) groups excluding carboxylic acids is 2. The molecular weight excluding hydrogens is 416 g/mol. The van der Waals surface area contributed by atoms with Crippen LogP contribution in [0.5, 0.6) is 5.75 Å². The first-order valence-corrected chi connectivity index (χ1v) is 9.60. The first-order valence-electron chi connectivity index (χ1n) is 9.60. The van der Waals surface area contributed by atoms with Gasteiger partial charge in [0.25, 0.3) is 17.4 Å². The SMILES string of the molecule is COc1cccc(C2C(=C(O)c3cccc([N+](=O)[O-])c3)C(=O)C(=O)N2Cc2ccco2)c1. The fraction of sp³-hybridized carbons (Fsp3) is 0.130. The quantitative estimate of drug-likeness (QED) is 0.206. The maximum Gasteiger partial charge on any atom is 0.296 e. The maximum atomic E-state index is 13.0. The van der Waals surface area contributed by atoms with Crippen molar-refractivity contribution >= 4 is 23.1 Å². The number of nitro benzene ring substituents is 1. The summed E-state index contributed by atoms with van der Waals surface area (Å²) in [5, 5.41) is 22.2. The maximum absolute atomic E-state index is 13.0. The molecule has 1 aliphatic heterocycles. The van der Waals surface area contributed by atoms with Crippen molar-refractivity contribution in [2.24, 2.45) is 0 Å². The van der Waals surface area contributed by atoms with Crippen LogP contribution < -0.4 is 4.74 Å². The molecule has 1 atom stereocenters. The van der Waals surface area contributed by atoms with E-state index in [1.165, 1.54) is 36.5 Å². The number of nitrogens with zero attached hydrogens (tertiary/aromatic N) is 2. The number of amides is 1. The molecule has 0 radical (unpaired) electrons. The number of non-ortho nitro benzene ring substituents is 1. The van der Waals surface area contributed by atoms with Gasteiger partial charge in [-0.15, -0.1) is 0 Å². The predicted molar refractivity (Wildman–Crippen MR) is 113 cm³/mol. The van der Waals surface area contributed by atoms with Crippen LogP contribution in [-0.4, -0.2) is 33.7 Å². The summed E-state index contributed by atoms with van der Waals surface area (Å²) in [5.41, 5.74) is 0.164. The molecule has 1 N–H and O–H groups in total. The number of likely N-dealkylation sites (tertiary alicyclic amines) is 1. The molecule has 9 heteroatoms. The number of methoxy groups -OCH3 is 1. The summed E-state index contributed by atoms with van der Waals surface area (Å²) in [7, 11) is 1.49. The number of Topliss-reactive ketones (excluding diaryl/α,β-unsaturated/α-hetero) is 1. The standard InChI is InChI=1S/C23H18N2O7/c1-31-17-8-3-5-14(12-17)20-19(21(26)15-6-2-7-16(11-15)25(29)30)22(27)23(28)24(20)13-18-9-4-10-32-18/h2-12,20,26H,13H2,1H3. The zero-order valence-electron chi connectivity index (χ0n) is 16.9. The second-order valence-corrected chi connectivity index (χ2v) is 7.09. The molecule has 9 nitrogen and oxygen atoms in total. The van der Waals surface area contributed by atoms with Gasteiger partial charge in [-0.05, 0) is 29.8 Å². The minimum absolute atomic E-state index is 0.00876. The highest BCUT2D eigenvalue weighted by atomic mass is 16.6. The van der Waals surface area contributed by atoms with Gasteiger partial charge in [-0.25, -0.2) is 0 Å². The highest BCUT2D eigenvalue weighted by Crippen LogP contribution is 2.41. The fourth-order valence-corrected chi connectivity index (χ4v) is 3.69. The largest absolute Gasteiger partial charge is 0.507 e. The third-order valence-electron chi connectivity index (χ3n) is 5.19. The molecule has 1 aliphatic rings.